The minimum atomic E-state index is 0.803. The first-order valence-electron chi connectivity index (χ1n) is 7.69. The third kappa shape index (κ3) is 2.95. The van der Waals surface area contributed by atoms with Gasteiger partial charge in [-0.15, -0.1) is 0 Å². The summed E-state index contributed by atoms with van der Waals surface area (Å²) < 4.78 is 1.95. The highest BCUT2D eigenvalue weighted by Crippen LogP contribution is 2.24. The zero-order chi connectivity index (χ0) is 15.4. The molecule has 0 unspecified atom stereocenters. The summed E-state index contributed by atoms with van der Waals surface area (Å²) in [4.78, 5) is 0. The van der Waals surface area contributed by atoms with Crippen molar-refractivity contribution in [3.8, 4) is 16.9 Å². The average molecular weight is 291 g/mol. The molecule has 3 aromatic rings. The maximum absolute atomic E-state index is 4.80. The third-order valence-electron chi connectivity index (χ3n) is 3.81. The van der Waals surface area contributed by atoms with Crippen LogP contribution in [0.2, 0.25) is 0 Å². The molecule has 0 aliphatic rings. The number of aromatic nitrogens is 2. The lowest BCUT2D eigenvalue weighted by atomic mass is 10.1. The van der Waals surface area contributed by atoms with E-state index < -0.39 is 0 Å². The molecule has 0 fully saturated rings. The summed E-state index contributed by atoms with van der Waals surface area (Å²) in [5, 5.41) is 8.03. The second kappa shape index (κ2) is 6.58. The lowest BCUT2D eigenvalue weighted by molar-refractivity contribution is 0.817. The Balaban J connectivity index is 2.03. The predicted molar refractivity (Wildman–Crippen MR) is 91.1 cm³/mol. The topological polar surface area (TPSA) is 29.9 Å². The van der Waals surface area contributed by atoms with Crippen LogP contribution in [0.15, 0.2) is 60.8 Å². The number of aryl methyl sites for hydroxylation is 1. The van der Waals surface area contributed by atoms with E-state index in [1.807, 2.05) is 29.9 Å². The molecule has 22 heavy (non-hydrogen) atoms. The number of hydrogen-bond donors (Lipinski definition) is 1. The zero-order valence-corrected chi connectivity index (χ0v) is 13.1. The second-order valence-corrected chi connectivity index (χ2v) is 5.36. The molecule has 0 bridgehead atoms. The number of benzene rings is 2. The molecule has 0 saturated heterocycles. The van der Waals surface area contributed by atoms with Gasteiger partial charge >= 0.3 is 0 Å². The van der Waals surface area contributed by atoms with Gasteiger partial charge in [0, 0.05) is 23.9 Å². The van der Waals surface area contributed by atoms with E-state index in [0.717, 1.165) is 29.9 Å². The van der Waals surface area contributed by atoms with Crippen molar-refractivity contribution < 1.29 is 0 Å². The van der Waals surface area contributed by atoms with Crippen molar-refractivity contribution in [1.82, 2.24) is 15.1 Å². The Labute approximate surface area is 131 Å². The van der Waals surface area contributed by atoms with Gasteiger partial charge in [0.15, 0.2) is 0 Å². The van der Waals surface area contributed by atoms with Crippen LogP contribution in [-0.2, 0) is 13.0 Å². The quantitative estimate of drug-likeness (QED) is 0.774. The summed E-state index contributed by atoms with van der Waals surface area (Å²) in [7, 11) is 1.96. The summed E-state index contributed by atoms with van der Waals surface area (Å²) in [5.74, 6) is 0. The van der Waals surface area contributed by atoms with Gasteiger partial charge in [0.25, 0.3) is 0 Å². The molecule has 0 amide bonds. The number of nitrogens with zero attached hydrogens (tertiary/aromatic N) is 2. The van der Waals surface area contributed by atoms with E-state index in [-0.39, 0.29) is 0 Å². The van der Waals surface area contributed by atoms with Crippen molar-refractivity contribution in [3.05, 3.63) is 71.9 Å². The van der Waals surface area contributed by atoms with Crippen LogP contribution >= 0.6 is 0 Å². The molecule has 0 atom stereocenters. The highest BCUT2D eigenvalue weighted by molar-refractivity contribution is 5.63. The number of rotatable bonds is 5. The van der Waals surface area contributed by atoms with Crippen LogP contribution < -0.4 is 5.32 Å². The Morgan fingerprint density at radius 1 is 1.00 bits per heavy atom. The van der Waals surface area contributed by atoms with Crippen LogP contribution in [0.5, 0.6) is 0 Å². The molecule has 1 N–H and O–H groups in total. The van der Waals surface area contributed by atoms with Crippen LogP contribution in [-0.4, -0.2) is 16.8 Å². The summed E-state index contributed by atoms with van der Waals surface area (Å²) in [6.07, 6.45) is 3.16. The standard InChI is InChI=1S/C19H21N3/c1-3-15-9-11-16(12-10-15)19-17(13-20-2)14-22(21-19)18-7-5-4-6-8-18/h4-12,14,20H,3,13H2,1-2H3. The molecule has 112 valence electrons. The first-order chi connectivity index (χ1) is 10.8. The molecule has 3 nitrogen and oxygen atoms in total. The molecule has 1 aromatic heterocycles. The van der Waals surface area contributed by atoms with Crippen LogP contribution in [0.4, 0.5) is 0 Å². The molecule has 3 rings (SSSR count). The summed E-state index contributed by atoms with van der Waals surface area (Å²) in [5.41, 5.74) is 5.84. The molecule has 0 saturated carbocycles. The van der Waals surface area contributed by atoms with Gasteiger partial charge in [-0.05, 0) is 31.2 Å². The third-order valence-corrected chi connectivity index (χ3v) is 3.81. The maximum atomic E-state index is 4.80. The van der Waals surface area contributed by atoms with Gasteiger partial charge in [0.05, 0.1) is 11.4 Å². The Morgan fingerprint density at radius 2 is 1.73 bits per heavy atom. The fourth-order valence-electron chi connectivity index (χ4n) is 2.58. The lowest BCUT2D eigenvalue weighted by Gasteiger charge is -2.03. The van der Waals surface area contributed by atoms with Gasteiger partial charge in [0.2, 0.25) is 0 Å². The van der Waals surface area contributed by atoms with Gasteiger partial charge in [-0.3, -0.25) is 0 Å². The molecule has 1 heterocycles. The lowest BCUT2D eigenvalue weighted by Crippen LogP contribution is -2.05. The summed E-state index contributed by atoms with van der Waals surface area (Å²) >= 11 is 0. The van der Waals surface area contributed by atoms with Crippen LogP contribution in [0.1, 0.15) is 18.1 Å². The monoisotopic (exact) mass is 291 g/mol. The Hall–Kier alpha value is -2.39. The molecule has 0 aliphatic heterocycles. The molecule has 3 heteroatoms. The first kappa shape index (κ1) is 14.5. The largest absolute Gasteiger partial charge is 0.316 e. The molecule has 2 aromatic carbocycles. The molecule has 0 radical (unpaired) electrons. The van der Waals surface area contributed by atoms with Crippen molar-refractivity contribution in [2.45, 2.75) is 19.9 Å². The normalized spacial score (nSPS) is 10.8. The van der Waals surface area contributed by atoms with E-state index >= 15 is 0 Å². The molecular formula is C19H21N3. The van der Waals surface area contributed by atoms with Crippen molar-refractivity contribution in [3.63, 3.8) is 0 Å². The fraction of sp³-hybridized carbons (Fsp3) is 0.211. The first-order valence-corrected chi connectivity index (χ1v) is 7.69. The molecule has 0 spiro atoms. The van der Waals surface area contributed by atoms with Gasteiger partial charge < -0.3 is 5.32 Å². The summed E-state index contributed by atoms with van der Waals surface area (Å²) in [6, 6.07) is 18.9. The summed E-state index contributed by atoms with van der Waals surface area (Å²) in [6.45, 7) is 2.98. The predicted octanol–water partition coefficient (Wildman–Crippen LogP) is 3.82. The second-order valence-electron chi connectivity index (χ2n) is 5.36. The molecule has 0 aliphatic carbocycles. The van der Waals surface area contributed by atoms with Crippen LogP contribution in [0.3, 0.4) is 0 Å². The van der Waals surface area contributed by atoms with Gasteiger partial charge in [-0.1, -0.05) is 49.4 Å². The Morgan fingerprint density at radius 3 is 2.36 bits per heavy atom. The van der Waals surface area contributed by atoms with E-state index in [4.69, 9.17) is 5.10 Å². The number of para-hydroxylation sites is 1. The number of hydrogen-bond acceptors (Lipinski definition) is 2. The van der Waals surface area contributed by atoms with E-state index in [0.29, 0.717) is 0 Å². The smallest absolute Gasteiger partial charge is 0.0972 e. The number of nitrogens with one attached hydrogen (secondary N) is 1. The maximum Gasteiger partial charge on any atom is 0.0972 e. The Kier molecular flexibility index (Phi) is 4.35. The van der Waals surface area contributed by atoms with E-state index in [2.05, 4.69) is 54.8 Å². The minimum Gasteiger partial charge on any atom is -0.316 e. The van der Waals surface area contributed by atoms with Crippen molar-refractivity contribution in [2.75, 3.05) is 7.05 Å². The fourth-order valence-corrected chi connectivity index (χ4v) is 2.58. The van der Waals surface area contributed by atoms with Crippen LogP contribution in [0.25, 0.3) is 16.9 Å². The zero-order valence-electron chi connectivity index (χ0n) is 13.1. The van der Waals surface area contributed by atoms with Crippen LogP contribution in [0, 0.1) is 0 Å². The van der Waals surface area contributed by atoms with Crippen molar-refractivity contribution in [2.24, 2.45) is 0 Å². The average Bonchev–Trinajstić information content (AvgIpc) is 3.00. The SMILES string of the molecule is CCc1ccc(-c2nn(-c3ccccc3)cc2CNC)cc1. The van der Waals surface area contributed by atoms with Crippen molar-refractivity contribution in [1.29, 1.82) is 0 Å². The van der Waals surface area contributed by atoms with Gasteiger partial charge in [-0.25, -0.2) is 4.68 Å². The van der Waals surface area contributed by atoms with E-state index in [9.17, 15) is 0 Å². The minimum absolute atomic E-state index is 0.803. The highest BCUT2D eigenvalue weighted by Gasteiger charge is 2.11. The Bertz CT molecular complexity index is 727. The van der Waals surface area contributed by atoms with Gasteiger partial charge in [0.1, 0.15) is 0 Å². The molecular weight excluding hydrogens is 270 g/mol. The van der Waals surface area contributed by atoms with E-state index in [1.54, 1.807) is 0 Å². The van der Waals surface area contributed by atoms with Crippen molar-refractivity contribution >= 4 is 0 Å². The van der Waals surface area contributed by atoms with E-state index in [1.165, 1.54) is 11.1 Å². The van der Waals surface area contributed by atoms with Gasteiger partial charge in [-0.2, -0.15) is 5.10 Å². The highest BCUT2D eigenvalue weighted by atomic mass is 15.3.